The molecule has 0 radical (unpaired) electrons. The number of nitriles is 1. The van der Waals surface area contributed by atoms with E-state index in [1.165, 1.54) is 6.08 Å². The molecule has 2 N–H and O–H groups in total. The van der Waals surface area contributed by atoms with Crippen LogP contribution in [0, 0.1) is 23.2 Å². The second kappa shape index (κ2) is 8.71. The normalized spacial score (nSPS) is 24.7. The van der Waals surface area contributed by atoms with E-state index in [0.717, 1.165) is 24.5 Å². The monoisotopic (exact) mass is 496 g/mol. The summed E-state index contributed by atoms with van der Waals surface area (Å²) in [7, 11) is 3.83. The molecule has 1 aromatic carbocycles. The largest absolute Gasteiger partial charge is 0.356 e. The molecule has 3 aromatic rings. The van der Waals surface area contributed by atoms with Crippen LogP contribution in [0.4, 0.5) is 0 Å². The molecule has 3 fully saturated rings. The van der Waals surface area contributed by atoms with Gasteiger partial charge < -0.3 is 19.8 Å². The fourth-order valence-electron chi connectivity index (χ4n) is 5.82. The number of nitrogens with one attached hydrogen (secondary N) is 2. The van der Waals surface area contributed by atoms with Gasteiger partial charge in [0.2, 0.25) is 0 Å². The molecule has 3 aliphatic rings. The number of hydrogen-bond donors (Lipinski definition) is 2. The number of nitrogens with zero attached hydrogens (tertiary/aromatic N) is 6. The highest BCUT2D eigenvalue weighted by atomic mass is 16.2. The molecule has 2 aliphatic heterocycles. The first-order valence-electron chi connectivity index (χ1n) is 12.4. The van der Waals surface area contributed by atoms with Crippen molar-refractivity contribution in [3.8, 4) is 6.07 Å². The van der Waals surface area contributed by atoms with Gasteiger partial charge in [-0.3, -0.25) is 14.5 Å². The van der Waals surface area contributed by atoms with Crippen molar-refractivity contribution in [2.24, 2.45) is 25.9 Å². The number of imidazole rings is 2. The summed E-state index contributed by atoms with van der Waals surface area (Å²) in [5.74, 6) is 1.04. The molecule has 1 amide bonds. The maximum atomic E-state index is 14.4. The third-order valence-corrected chi connectivity index (χ3v) is 7.96. The van der Waals surface area contributed by atoms with E-state index in [-0.39, 0.29) is 17.7 Å². The highest BCUT2D eigenvalue weighted by molar-refractivity contribution is 6.06. The Labute approximate surface area is 214 Å². The first-order chi connectivity index (χ1) is 17.9. The Bertz CT molecular complexity index is 1390. The van der Waals surface area contributed by atoms with Crippen LogP contribution in [-0.4, -0.2) is 60.4 Å². The van der Waals surface area contributed by atoms with Crippen LogP contribution in [0.3, 0.4) is 0 Å². The van der Waals surface area contributed by atoms with Crippen LogP contribution in [0.25, 0.3) is 0 Å². The van der Waals surface area contributed by atoms with Gasteiger partial charge in [0.1, 0.15) is 11.4 Å². The van der Waals surface area contributed by atoms with E-state index in [1.807, 2.05) is 28.1 Å². The fraction of sp³-hybridized carbons (Fsp3) is 0.370. The van der Waals surface area contributed by atoms with Crippen LogP contribution in [0.1, 0.15) is 27.3 Å². The van der Waals surface area contributed by atoms with Gasteiger partial charge in [-0.05, 0) is 36.1 Å². The van der Waals surface area contributed by atoms with Gasteiger partial charge in [-0.15, -0.1) is 0 Å². The standard InChI is InChI=1S/C27H28N8O2/c1-33-15-30-11-19(33)8-27(9-20-12-31-16-34(20)2)26(37)35(25-21-13-29-14-22(21)25)24(32-27)7-23(36)18-5-3-17(10-28)4-6-18/h3-7,11-12,15-16,21-22,25,29,32H,8-9,13-14H2,1-2H3. The van der Waals surface area contributed by atoms with Crippen LogP contribution in [-0.2, 0) is 31.7 Å². The zero-order chi connectivity index (χ0) is 25.7. The van der Waals surface area contributed by atoms with Gasteiger partial charge in [0, 0.05) is 81.5 Å². The molecule has 0 spiro atoms. The molecule has 2 atom stereocenters. The maximum Gasteiger partial charge on any atom is 0.254 e. The van der Waals surface area contributed by atoms with Gasteiger partial charge in [0.15, 0.2) is 5.78 Å². The van der Waals surface area contributed by atoms with Crippen molar-refractivity contribution in [3.63, 3.8) is 0 Å². The minimum Gasteiger partial charge on any atom is -0.356 e. The van der Waals surface area contributed by atoms with Crippen molar-refractivity contribution in [1.29, 1.82) is 5.26 Å². The van der Waals surface area contributed by atoms with Crippen LogP contribution in [0.15, 0.2) is 61.2 Å². The molecule has 37 heavy (non-hydrogen) atoms. The number of ketones is 1. The van der Waals surface area contributed by atoms with E-state index in [1.54, 1.807) is 49.3 Å². The average molecular weight is 497 g/mol. The number of benzene rings is 1. The number of piperidine rings is 1. The molecule has 1 saturated carbocycles. The molecule has 188 valence electrons. The van der Waals surface area contributed by atoms with Crippen LogP contribution >= 0.6 is 0 Å². The summed E-state index contributed by atoms with van der Waals surface area (Å²) in [5.41, 5.74) is 1.79. The van der Waals surface area contributed by atoms with Gasteiger partial charge in [-0.25, -0.2) is 9.97 Å². The van der Waals surface area contributed by atoms with Gasteiger partial charge in [0.25, 0.3) is 5.91 Å². The lowest BCUT2D eigenvalue weighted by Gasteiger charge is -2.28. The summed E-state index contributed by atoms with van der Waals surface area (Å²) in [4.78, 5) is 38.1. The van der Waals surface area contributed by atoms with Crippen LogP contribution < -0.4 is 10.6 Å². The molecule has 10 nitrogen and oxygen atoms in total. The van der Waals surface area contributed by atoms with E-state index in [0.29, 0.717) is 41.6 Å². The number of allylic oxidation sites excluding steroid dienone is 1. The molecule has 0 bridgehead atoms. The summed E-state index contributed by atoms with van der Waals surface area (Å²) in [6.07, 6.45) is 9.38. The highest BCUT2D eigenvalue weighted by Crippen LogP contribution is 2.49. The van der Waals surface area contributed by atoms with Crippen molar-refractivity contribution < 1.29 is 9.59 Å². The minimum absolute atomic E-state index is 0.0341. The molecule has 2 aromatic heterocycles. The van der Waals surface area contributed by atoms with E-state index in [4.69, 9.17) is 5.26 Å². The number of carbonyl (C=O) groups excluding carboxylic acids is 2. The Kier molecular flexibility index (Phi) is 5.46. The smallest absolute Gasteiger partial charge is 0.254 e. The number of rotatable bonds is 7. The lowest BCUT2D eigenvalue weighted by molar-refractivity contribution is -0.132. The lowest BCUT2D eigenvalue weighted by atomic mass is 9.88. The number of amides is 1. The van der Waals surface area contributed by atoms with Gasteiger partial charge >= 0.3 is 0 Å². The Balaban J connectivity index is 1.41. The summed E-state index contributed by atoms with van der Waals surface area (Å²) >= 11 is 0. The third kappa shape index (κ3) is 3.92. The summed E-state index contributed by atoms with van der Waals surface area (Å²) in [6, 6.07) is 8.68. The summed E-state index contributed by atoms with van der Waals surface area (Å²) in [6.45, 7) is 1.73. The zero-order valence-corrected chi connectivity index (χ0v) is 20.8. The maximum absolute atomic E-state index is 14.4. The lowest BCUT2D eigenvalue weighted by Crippen LogP contribution is -2.51. The van der Waals surface area contributed by atoms with Crippen molar-refractivity contribution in [2.45, 2.75) is 24.4 Å². The topological polar surface area (TPSA) is 121 Å². The second-order valence-corrected chi connectivity index (χ2v) is 10.3. The molecule has 10 heteroatoms. The Morgan fingerprint density at radius 3 is 2.19 bits per heavy atom. The molecule has 2 unspecified atom stereocenters. The van der Waals surface area contributed by atoms with Crippen molar-refractivity contribution in [1.82, 2.24) is 34.6 Å². The van der Waals surface area contributed by atoms with Gasteiger partial charge in [-0.1, -0.05) is 0 Å². The number of carbonyl (C=O) groups is 2. The molecule has 1 aliphatic carbocycles. The highest BCUT2D eigenvalue weighted by Gasteiger charge is 2.63. The van der Waals surface area contributed by atoms with Crippen LogP contribution in [0.2, 0.25) is 0 Å². The Hall–Kier alpha value is -4.23. The molecular weight excluding hydrogens is 468 g/mol. The van der Waals surface area contributed by atoms with Gasteiger partial charge in [0.05, 0.1) is 24.3 Å². The molecule has 2 saturated heterocycles. The molecule has 4 heterocycles. The van der Waals surface area contributed by atoms with Crippen LogP contribution in [0.5, 0.6) is 0 Å². The first kappa shape index (κ1) is 23.2. The summed E-state index contributed by atoms with van der Waals surface area (Å²) < 4.78 is 3.84. The number of aromatic nitrogens is 4. The number of fused-ring (bicyclic) bond motifs is 1. The van der Waals surface area contributed by atoms with Crippen molar-refractivity contribution in [3.05, 3.63) is 83.7 Å². The van der Waals surface area contributed by atoms with E-state index in [9.17, 15) is 9.59 Å². The van der Waals surface area contributed by atoms with Crippen molar-refractivity contribution in [2.75, 3.05) is 13.1 Å². The number of hydrogen-bond acceptors (Lipinski definition) is 7. The molecule has 6 rings (SSSR count). The SMILES string of the molecule is Cn1cncc1CC1(Cc2cncn2C)NC(=CC(=O)c2ccc(C#N)cc2)N(C2C3CNCC32)C1=O. The van der Waals surface area contributed by atoms with Crippen molar-refractivity contribution >= 4 is 11.7 Å². The Morgan fingerprint density at radius 1 is 1.08 bits per heavy atom. The Morgan fingerprint density at radius 2 is 1.68 bits per heavy atom. The van der Waals surface area contributed by atoms with E-state index >= 15 is 0 Å². The zero-order valence-electron chi connectivity index (χ0n) is 20.8. The molecular formula is C27H28N8O2. The first-order valence-corrected chi connectivity index (χ1v) is 12.4. The average Bonchev–Trinajstić information content (AvgIpc) is 3.38. The predicted molar refractivity (Wildman–Crippen MR) is 134 cm³/mol. The minimum atomic E-state index is -0.997. The second-order valence-electron chi connectivity index (χ2n) is 10.3. The van der Waals surface area contributed by atoms with Gasteiger partial charge in [-0.2, -0.15) is 5.26 Å². The fourth-order valence-corrected chi connectivity index (χ4v) is 5.82. The third-order valence-electron chi connectivity index (χ3n) is 7.96. The van der Waals surface area contributed by atoms with E-state index < -0.39 is 5.54 Å². The summed E-state index contributed by atoms with van der Waals surface area (Å²) in [5, 5.41) is 16.0. The van der Waals surface area contributed by atoms with E-state index in [2.05, 4.69) is 26.7 Å². The number of aryl methyl sites for hydroxylation is 2. The predicted octanol–water partition coefficient (Wildman–Crippen LogP) is 0.923. The quantitative estimate of drug-likeness (QED) is 0.369.